The molecule has 4 rings (SSSR count). The van der Waals surface area contributed by atoms with E-state index >= 15 is 0 Å². The van der Waals surface area contributed by atoms with E-state index in [9.17, 15) is 9.59 Å². The van der Waals surface area contributed by atoms with E-state index < -0.39 is 0 Å². The molecule has 0 N–H and O–H groups in total. The van der Waals surface area contributed by atoms with Crippen molar-refractivity contribution in [3.05, 3.63) is 34.3 Å². The van der Waals surface area contributed by atoms with Gasteiger partial charge < -0.3 is 4.90 Å². The Labute approximate surface area is 165 Å². The quantitative estimate of drug-likeness (QED) is 0.800. The van der Waals surface area contributed by atoms with Crippen LogP contribution >= 0.6 is 24.4 Å². The zero-order valence-electron chi connectivity index (χ0n) is 14.9. The molecule has 0 spiro atoms. The molecule has 4 nitrogen and oxygen atoms in total. The molecule has 1 aromatic carbocycles. The normalized spacial score (nSPS) is 28.5. The van der Waals surface area contributed by atoms with Crippen molar-refractivity contribution >= 4 is 36.1 Å². The number of benzene rings is 1. The highest BCUT2D eigenvalue weighted by Gasteiger charge is 2.44. The first-order valence-corrected chi connectivity index (χ1v) is 10.3. The molecule has 2 unspecified atom stereocenters. The third kappa shape index (κ3) is 3.54. The number of Topliss-reactive ketones (excluding diaryl/α,β-unsaturated/α-hetero) is 1. The number of carbonyl (C=O) groups is 2. The maximum Gasteiger partial charge on any atom is 0.241 e. The van der Waals surface area contributed by atoms with Gasteiger partial charge in [-0.1, -0.05) is 30.5 Å². The van der Waals surface area contributed by atoms with Gasteiger partial charge in [0.15, 0.2) is 0 Å². The van der Waals surface area contributed by atoms with E-state index in [4.69, 9.17) is 11.6 Å². The zero-order valence-corrected chi connectivity index (χ0v) is 16.5. The summed E-state index contributed by atoms with van der Waals surface area (Å²) >= 11 is 10.6. The summed E-state index contributed by atoms with van der Waals surface area (Å²) in [7, 11) is 0. The first-order valence-electron chi connectivity index (χ1n) is 9.57. The number of carbonyl (C=O) groups excluding carboxylic acids is 2. The van der Waals surface area contributed by atoms with Gasteiger partial charge in [0.2, 0.25) is 5.91 Å². The molecule has 26 heavy (non-hydrogen) atoms. The van der Waals surface area contributed by atoms with Crippen LogP contribution in [0.1, 0.15) is 36.8 Å². The Morgan fingerprint density at radius 3 is 2.62 bits per heavy atom. The van der Waals surface area contributed by atoms with Crippen molar-refractivity contribution in [2.45, 2.75) is 44.6 Å². The van der Waals surface area contributed by atoms with Gasteiger partial charge >= 0.3 is 0 Å². The van der Waals surface area contributed by atoms with E-state index in [1.165, 1.54) is 11.1 Å². The molecule has 2 heterocycles. The maximum atomic E-state index is 13.0. The molecule has 1 aromatic rings. The summed E-state index contributed by atoms with van der Waals surface area (Å²) in [4.78, 5) is 27.8. The van der Waals surface area contributed by atoms with Gasteiger partial charge in [0.1, 0.15) is 11.8 Å². The highest BCUT2D eigenvalue weighted by Crippen LogP contribution is 2.35. The fourth-order valence-electron chi connectivity index (χ4n) is 4.80. The van der Waals surface area contributed by atoms with Crippen LogP contribution in [-0.2, 0) is 22.4 Å². The van der Waals surface area contributed by atoms with E-state index in [0.717, 1.165) is 50.2 Å². The van der Waals surface area contributed by atoms with Gasteiger partial charge in [-0.2, -0.15) is 0 Å². The summed E-state index contributed by atoms with van der Waals surface area (Å²) in [6, 6.07) is 5.63. The van der Waals surface area contributed by atoms with Crippen LogP contribution in [0.15, 0.2) is 18.2 Å². The van der Waals surface area contributed by atoms with Crippen LogP contribution in [0.4, 0.5) is 0 Å². The number of nitrogens with zero attached hydrogens (tertiary/aromatic N) is 2. The Balaban J connectivity index is 1.41. The Morgan fingerprint density at radius 1 is 1.12 bits per heavy atom. The predicted molar refractivity (Wildman–Crippen MR) is 105 cm³/mol. The summed E-state index contributed by atoms with van der Waals surface area (Å²) in [5.41, 5.74) is 2.57. The molecule has 2 fully saturated rings. The van der Waals surface area contributed by atoms with Crippen molar-refractivity contribution in [3.8, 4) is 0 Å². The van der Waals surface area contributed by atoms with E-state index in [-0.39, 0.29) is 23.7 Å². The van der Waals surface area contributed by atoms with Gasteiger partial charge in [-0.05, 0) is 61.3 Å². The molecule has 1 aliphatic carbocycles. The SMILES string of the molecule is O=C(CC1Cc2ccc(Cl)cc2C1)C1CCN(S)[C@H]1C(=O)N1CCCC1. The molecule has 0 saturated carbocycles. The lowest BCUT2D eigenvalue weighted by atomic mass is 9.87. The van der Waals surface area contributed by atoms with Crippen LogP contribution in [0.3, 0.4) is 0 Å². The number of hydrogen-bond donors (Lipinski definition) is 1. The van der Waals surface area contributed by atoms with E-state index in [2.05, 4.69) is 18.9 Å². The monoisotopic (exact) mass is 392 g/mol. The second-order valence-corrected chi connectivity index (χ2v) is 8.84. The molecule has 140 valence electrons. The summed E-state index contributed by atoms with van der Waals surface area (Å²) in [6.07, 6.45) is 5.24. The summed E-state index contributed by atoms with van der Waals surface area (Å²) in [5.74, 6) is 0.429. The molecule has 2 aliphatic heterocycles. The molecule has 0 bridgehead atoms. The average Bonchev–Trinajstić information content (AvgIpc) is 3.32. The fraction of sp³-hybridized carbons (Fsp3) is 0.600. The number of halogens is 1. The second kappa shape index (κ2) is 7.53. The first-order chi connectivity index (χ1) is 12.5. The average molecular weight is 393 g/mol. The van der Waals surface area contributed by atoms with Crippen LogP contribution < -0.4 is 0 Å². The Bertz CT molecular complexity index is 720. The zero-order chi connectivity index (χ0) is 18.3. The lowest BCUT2D eigenvalue weighted by molar-refractivity contribution is -0.138. The van der Waals surface area contributed by atoms with Gasteiger partial charge in [-0.15, -0.1) is 0 Å². The summed E-state index contributed by atoms with van der Waals surface area (Å²) < 4.78 is 1.78. The Hall–Kier alpha value is -1.04. The van der Waals surface area contributed by atoms with Crippen molar-refractivity contribution in [3.63, 3.8) is 0 Å². The minimum absolute atomic E-state index is 0.0924. The van der Waals surface area contributed by atoms with E-state index in [1.807, 2.05) is 17.0 Å². The molecular weight excluding hydrogens is 368 g/mol. The molecule has 3 aliphatic rings. The number of amides is 1. The second-order valence-electron chi connectivity index (χ2n) is 7.89. The standard InChI is InChI=1S/C20H25ClN2O2S/c21-16-4-3-14-9-13(10-15(14)12-16)11-18(24)17-5-8-23(26)19(17)20(25)22-6-1-2-7-22/h3-4,12-13,17,19,26H,1-2,5-11H2/t13?,17?,19-/m1/s1. The third-order valence-electron chi connectivity index (χ3n) is 6.13. The number of fused-ring (bicyclic) bond motifs is 1. The number of thiol groups is 1. The van der Waals surface area contributed by atoms with Crippen molar-refractivity contribution in [2.75, 3.05) is 19.6 Å². The van der Waals surface area contributed by atoms with Gasteiger partial charge in [0, 0.05) is 37.0 Å². The van der Waals surface area contributed by atoms with E-state index in [1.54, 1.807) is 4.31 Å². The smallest absolute Gasteiger partial charge is 0.241 e. The van der Waals surface area contributed by atoms with Gasteiger partial charge in [-0.25, -0.2) is 4.31 Å². The minimum Gasteiger partial charge on any atom is -0.341 e. The maximum absolute atomic E-state index is 13.0. The van der Waals surface area contributed by atoms with Crippen LogP contribution in [-0.4, -0.2) is 46.6 Å². The Morgan fingerprint density at radius 2 is 1.85 bits per heavy atom. The third-order valence-corrected chi connectivity index (χ3v) is 6.81. The highest BCUT2D eigenvalue weighted by atomic mass is 35.5. The summed E-state index contributed by atoms with van der Waals surface area (Å²) in [5, 5.41) is 0.758. The van der Waals surface area contributed by atoms with Crippen LogP contribution in [0, 0.1) is 11.8 Å². The lowest BCUT2D eigenvalue weighted by Gasteiger charge is -2.27. The van der Waals surface area contributed by atoms with Crippen molar-refractivity contribution in [1.82, 2.24) is 9.21 Å². The number of likely N-dealkylation sites (tertiary alicyclic amines) is 1. The van der Waals surface area contributed by atoms with Crippen molar-refractivity contribution < 1.29 is 9.59 Å². The van der Waals surface area contributed by atoms with Crippen LogP contribution in [0.25, 0.3) is 0 Å². The molecule has 6 heteroatoms. The topological polar surface area (TPSA) is 40.6 Å². The van der Waals surface area contributed by atoms with Gasteiger partial charge in [0.25, 0.3) is 0 Å². The minimum atomic E-state index is -0.387. The van der Waals surface area contributed by atoms with Gasteiger partial charge in [0.05, 0.1) is 0 Å². The highest BCUT2D eigenvalue weighted by molar-refractivity contribution is 7.77. The van der Waals surface area contributed by atoms with E-state index in [0.29, 0.717) is 18.9 Å². The van der Waals surface area contributed by atoms with Crippen molar-refractivity contribution in [1.29, 1.82) is 0 Å². The molecule has 2 saturated heterocycles. The number of hydrogen-bond acceptors (Lipinski definition) is 4. The molecular formula is C20H25ClN2O2S. The lowest BCUT2D eigenvalue weighted by Crippen LogP contribution is -2.46. The first kappa shape index (κ1) is 18.3. The largest absolute Gasteiger partial charge is 0.341 e. The molecule has 0 aromatic heterocycles. The molecule has 0 radical (unpaired) electrons. The number of rotatable bonds is 4. The fourth-order valence-corrected chi connectivity index (χ4v) is 5.37. The molecule has 1 amide bonds. The Kier molecular flexibility index (Phi) is 5.31. The molecule has 3 atom stereocenters. The number of ketones is 1. The van der Waals surface area contributed by atoms with Gasteiger partial charge in [-0.3, -0.25) is 9.59 Å². The van der Waals surface area contributed by atoms with Crippen LogP contribution in [0.5, 0.6) is 0 Å². The van der Waals surface area contributed by atoms with Crippen LogP contribution in [0.2, 0.25) is 5.02 Å². The van der Waals surface area contributed by atoms with Crippen molar-refractivity contribution in [2.24, 2.45) is 11.8 Å². The predicted octanol–water partition coefficient (Wildman–Crippen LogP) is 3.17. The summed E-state index contributed by atoms with van der Waals surface area (Å²) in [6.45, 7) is 2.33.